The van der Waals surface area contributed by atoms with Gasteiger partial charge in [0.1, 0.15) is 11.8 Å². The quantitative estimate of drug-likeness (QED) is 0.847. The zero-order valence-corrected chi connectivity index (χ0v) is 13.9. The summed E-state index contributed by atoms with van der Waals surface area (Å²) in [5.74, 6) is 0.515. The molecule has 130 valence electrons. The molecule has 2 aromatic heterocycles. The largest absolute Gasteiger partial charge is 0.472 e. The molecule has 7 heteroatoms. The van der Waals surface area contributed by atoms with Crippen LogP contribution >= 0.6 is 0 Å². The zero-order valence-electron chi connectivity index (χ0n) is 13.9. The molecule has 25 heavy (non-hydrogen) atoms. The van der Waals surface area contributed by atoms with Crippen LogP contribution in [0.4, 0.5) is 0 Å². The van der Waals surface area contributed by atoms with Crippen molar-refractivity contribution in [3.63, 3.8) is 0 Å². The molecule has 0 aromatic carbocycles. The Kier molecular flexibility index (Phi) is 4.31. The summed E-state index contributed by atoms with van der Waals surface area (Å²) in [6, 6.07) is 5.60. The van der Waals surface area contributed by atoms with E-state index in [9.17, 15) is 4.79 Å². The van der Waals surface area contributed by atoms with E-state index in [1.165, 1.54) is 12.4 Å². The molecule has 2 aliphatic heterocycles. The van der Waals surface area contributed by atoms with Crippen molar-refractivity contribution in [1.29, 1.82) is 0 Å². The van der Waals surface area contributed by atoms with Crippen molar-refractivity contribution < 1.29 is 14.3 Å². The summed E-state index contributed by atoms with van der Waals surface area (Å²) in [7, 11) is 0. The van der Waals surface area contributed by atoms with Crippen LogP contribution in [0.2, 0.25) is 0 Å². The number of rotatable bonds is 3. The maximum atomic E-state index is 12.6. The number of nitrogens with zero attached hydrogens (tertiary/aromatic N) is 4. The van der Waals surface area contributed by atoms with Crippen LogP contribution in [0, 0.1) is 0 Å². The highest BCUT2D eigenvalue weighted by molar-refractivity contribution is 5.92. The van der Waals surface area contributed by atoms with Crippen molar-refractivity contribution in [2.24, 2.45) is 0 Å². The van der Waals surface area contributed by atoms with Gasteiger partial charge in [-0.05, 0) is 18.9 Å². The first-order chi connectivity index (χ1) is 12.2. The van der Waals surface area contributed by atoms with E-state index in [0.29, 0.717) is 31.3 Å². The Morgan fingerprint density at radius 2 is 2.24 bits per heavy atom. The van der Waals surface area contributed by atoms with Gasteiger partial charge in [0.25, 0.3) is 5.91 Å². The molecule has 2 aromatic rings. The summed E-state index contributed by atoms with van der Waals surface area (Å²) in [5.41, 5.74) is 0.0362. The van der Waals surface area contributed by atoms with Gasteiger partial charge in [0, 0.05) is 37.6 Å². The summed E-state index contributed by atoms with van der Waals surface area (Å²) >= 11 is 0. The average Bonchev–Trinajstić information content (AvgIpc) is 3.04. The Labute approximate surface area is 146 Å². The highest BCUT2D eigenvalue weighted by Crippen LogP contribution is 2.36. The van der Waals surface area contributed by atoms with E-state index in [1.54, 1.807) is 12.4 Å². The first-order valence-electron chi connectivity index (χ1n) is 8.51. The highest BCUT2D eigenvalue weighted by Gasteiger charge is 2.45. The minimum Gasteiger partial charge on any atom is -0.472 e. The molecule has 0 bridgehead atoms. The number of carbonyl (C=O) groups is 1. The van der Waals surface area contributed by atoms with Gasteiger partial charge in [-0.2, -0.15) is 0 Å². The van der Waals surface area contributed by atoms with E-state index >= 15 is 0 Å². The lowest BCUT2D eigenvalue weighted by molar-refractivity contribution is -0.0454. The number of ether oxygens (including phenoxy) is 2. The van der Waals surface area contributed by atoms with Crippen molar-refractivity contribution in [3.05, 3.63) is 48.7 Å². The third-order valence-electron chi connectivity index (χ3n) is 4.71. The Balaban J connectivity index is 1.42. The number of amides is 1. The minimum atomic E-state index is -0.338. The molecule has 0 unspecified atom stereocenters. The second kappa shape index (κ2) is 6.76. The number of aromatic nitrogens is 3. The third-order valence-corrected chi connectivity index (χ3v) is 4.71. The average molecular weight is 340 g/mol. The van der Waals surface area contributed by atoms with Crippen molar-refractivity contribution in [2.75, 3.05) is 19.7 Å². The van der Waals surface area contributed by atoms with Crippen LogP contribution in [0.25, 0.3) is 0 Å². The SMILES string of the molecule is O=C(c1cnccn1)N1CCC[C@]2(C[C@@H](Oc3ccccn3)CO2)C1. The van der Waals surface area contributed by atoms with E-state index in [2.05, 4.69) is 15.0 Å². The van der Waals surface area contributed by atoms with Crippen LogP contribution in [-0.2, 0) is 4.74 Å². The predicted octanol–water partition coefficient (Wildman–Crippen LogP) is 1.71. The van der Waals surface area contributed by atoms with Crippen molar-refractivity contribution >= 4 is 5.91 Å². The van der Waals surface area contributed by atoms with Gasteiger partial charge < -0.3 is 14.4 Å². The molecular formula is C18H20N4O3. The molecule has 0 aliphatic carbocycles. The minimum absolute atomic E-state index is 0.0403. The second-order valence-corrected chi connectivity index (χ2v) is 6.53. The van der Waals surface area contributed by atoms with E-state index in [0.717, 1.165) is 19.3 Å². The fourth-order valence-electron chi connectivity index (χ4n) is 3.59. The topological polar surface area (TPSA) is 77.4 Å². The summed E-state index contributed by atoms with van der Waals surface area (Å²) in [6.45, 7) is 1.79. The zero-order chi connectivity index (χ0) is 17.1. The van der Waals surface area contributed by atoms with Crippen molar-refractivity contribution in [1.82, 2.24) is 19.9 Å². The molecule has 0 N–H and O–H groups in total. The number of piperidine rings is 1. The number of hydrogen-bond donors (Lipinski definition) is 0. The van der Waals surface area contributed by atoms with Crippen molar-refractivity contribution in [2.45, 2.75) is 31.0 Å². The highest BCUT2D eigenvalue weighted by atomic mass is 16.6. The maximum absolute atomic E-state index is 12.6. The number of pyridine rings is 1. The van der Waals surface area contributed by atoms with Gasteiger partial charge in [-0.3, -0.25) is 9.78 Å². The summed E-state index contributed by atoms with van der Waals surface area (Å²) in [5, 5.41) is 0. The molecule has 1 amide bonds. The Bertz CT molecular complexity index is 728. The smallest absolute Gasteiger partial charge is 0.274 e. The van der Waals surface area contributed by atoms with Crippen molar-refractivity contribution in [3.8, 4) is 5.88 Å². The van der Waals surface area contributed by atoms with E-state index in [4.69, 9.17) is 9.47 Å². The summed E-state index contributed by atoms with van der Waals surface area (Å²) in [4.78, 5) is 26.7. The Hall–Kier alpha value is -2.54. The maximum Gasteiger partial charge on any atom is 0.274 e. The van der Waals surface area contributed by atoms with E-state index in [-0.39, 0.29) is 17.6 Å². The molecule has 2 aliphatic rings. The molecule has 0 radical (unpaired) electrons. The second-order valence-electron chi connectivity index (χ2n) is 6.53. The molecule has 1 spiro atoms. The summed E-state index contributed by atoms with van der Waals surface area (Å²) < 4.78 is 12.0. The molecule has 7 nitrogen and oxygen atoms in total. The first-order valence-corrected chi connectivity index (χ1v) is 8.51. The fraction of sp³-hybridized carbons (Fsp3) is 0.444. The Morgan fingerprint density at radius 1 is 1.28 bits per heavy atom. The van der Waals surface area contributed by atoms with Gasteiger partial charge in [0.05, 0.1) is 24.9 Å². The molecule has 2 fully saturated rings. The van der Waals surface area contributed by atoms with Gasteiger partial charge in [0.2, 0.25) is 5.88 Å². The van der Waals surface area contributed by atoms with Crippen LogP contribution < -0.4 is 4.74 Å². The lowest BCUT2D eigenvalue weighted by atomic mass is 9.89. The van der Waals surface area contributed by atoms with Gasteiger partial charge >= 0.3 is 0 Å². The summed E-state index contributed by atoms with van der Waals surface area (Å²) in [6.07, 6.45) is 8.87. The van der Waals surface area contributed by atoms with Gasteiger partial charge in [-0.1, -0.05) is 6.07 Å². The molecule has 2 saturated heterocycles. The lowest BCUT2D eigenvalue weighted by Gasteiger charge is -2.39. The molecule has 4 heterocycles. The Morgan fingerprint density at radius 3 is 3.04 bits per heavy atom. The van der Waals surface area contributed by atoms with E-state index < -0.39 is 0 Å². The third kappa shape index (κ3) is 3.46. The predicted molar refractivity (Wildman–Crippen MR) is 89.1 cm³/mol. The van der Waals surface area contributed by atoms with Crippen LogP contribution in [-0.4, -0.2) is 57.2 Å². The molecular weight excluding hydrogens is 320 g/mol. The van der Waals surface area contributed by atoms with Crippen LogP contribution in [0.1, 0.15) is 29.8 Å². The number of hydrogen-bond acceptors (Lipinski definition) is 6. The van der Waals surface area contributed by atoms with Gasteiger partial charge in [0.15, 0.2) is 0 Å². The molecule has 2 atom stereocenters. The number of likely N-dealkylation sites (tertiary alicyclic amines) is 1. The first kappa shape index (κ1) is 16.0. The molecule has 0 saturated carbocycles. The fourth-order valence-corrected chi connectivity index (χ4v) is 3.59. The van der Waals surface area contributed by atoms with Crippen LogP contribution in [0.3, 0.4) is 0 Å². The van der Waals surface area contributed by atoms with Gasteiger partial charge in [-0.15, -0.1) is 0 Å². The molecule has 4 rings (SSSR count). The normalized spacial score (nSPS) is 25.9. The van der Waals surface area contributed by atoms with Gasteiger partial charge in [-0.25, -0.2) is 9.97 Å². The van der Waals surface area contributed by atoms with E-state index in [1.807, 2.05) is 23.1 Å². The monoisotopic (exact) mass is 340 g/mol. The standard InChI is InChI=1S/C18H20N4O3/c23-17(15-11-19-7-8-20-15)22-9-3-5-18(13-22)10-14(12-24-18)25-16-4-1-2-6-21-16/h1-2,4,6-8,11,14H,3,5,9-10,12-13H2/t14-,18+/m1/s1. The number of carbonyl (C=O) groups excluding carboxylic acids is 1. The lowest BCUT2D eigenvalue weighted by Crippen LogP contribution is -2.50. The van der Waals surface area contributed by atoms with Crippen LogP contribution in [0.5, 0.6) is 5.88 Å². The van der Waals surface area contributed by atoms with Crippen LogP contribution in [0.15, 0.2) is 43.0 Å².